The molecule has 0 aliphatic carbocycles. The lowest BCUT2D eigenvalue weighted by atomic mass is 10.2. The van der Waals surface area contributed by atoms with Crippen molar-refractivity contribution in [2.75, 3.05) is 18.8 Å². The van der Waals surface area contributed by atoms with Crippen LogP contribution in [0.15, 0.2) is 0 Å². The van der Waals surface area contributed by atoms with E-state index >= 15 is 0 Å². The molecule has 0 amide bonds. The Hall–Kier alpha value is -0.320. The second-order valence-electron chi connectivity index (χ2n) is 3.31. The molecule has 0 aliphatic heterocycles. The van der Waals surface area contributed by atoms with Crippen molar-refractivity contribution in [3.8, 4) is 0 Å². The van der Waals surface area contributed by atoms with E-state index < -0.39 is 15.5 Å². The quantitative estimate of drug-likeness (QED) is 0.648. The van der Waals surface area contributed by atoms with Crippen LogP contribution in [0.4, 0.5) is 13.2 Å². The fraction of sp³-hybridized carbons (Fsp3) is 0.875. The lowest BCUT2D eigenvalue weighted by Gasteiger charge is -2.08. The Morgan fingerprint density at radius 2 is 1.89 bits per heavy atom. The SMILES string of the molecule is NCCSC(=O)CCCCNS(=O)(=O)C(F)(F)F. The van der Waals surface area contributed by atoms with E-state index in [1.807, 2.05) is 0 Å². The summed E-state index contributed by atoms with van der Waals surface area (Å²) in [5, 5.41) is -0.0980. The number of unbranched alkanes of at least 4 members (excludes halogenated alkanes) is 1. The first kappa shape index (κ1) is 17.7. The molecule has 0 aromatic carbocycles. The van der Waals surface area contributed by atoms with Crippen molar-refractivity contribution in [3.63, 3.8) is 0 Å². The molecule has 0 atom stereocenters. The summed E-state index contributed by atoms with van der Waals surface area (Å²) in [4.78, 5) is 11.1. The van der Waals surface area contributed by atoms with E-state index in [1.165, 1.54) is 4.72 Å². The maximum Gasteiger partial charge on any atom is 0.511 e. The Labute approximate surface area is 108 Å². The third kappa shape index (κ3) is 7.19. The molecule has 0 saturated heterocycles. The van der Waals surface area contributed by atoms with Gasteiger partial charge in [-0.3, -0.25) is 4.79 Å². The Bertz CT molecular complexity index is 357. The van der Waals surface area contributed by atoms with Crippen molar-refractivity contribution in [2.45, 2.75) is 24.8 Å². The van der Waals surface area contributed by atoms with Gasteiger partial charge in [-0.05, 0) is 12.8 Å². The molecule has 108 valence electrons. The third-order valence-electron chi connectivity index (χ3n) is 1.79. The van der Waals surface area contributed by atoms with Crippen molar-refractivity contribution >= 4 is 26.9 Å². The number of carbonyl (C=O) groups is 1. The fourth-order valence-electron chi connectivity index (χ4n) is 0.928. The molecule has 0 aromatic rings. The van der Waals surface area contributed by atoms with Crippen molar-refractivity contribution < 1.29 is 26.4 Å². The van der Waals surface area contributed by atoms with Crippen molar-refractivity contribution in [1.29, 1.82) is 0 Å². The molecule has 0 aromatic heterocycles. The van der Waals surface area contributed by atoms with E-state index in [2.05, 4.69) is 0 Å². The van der Waals surface area contributed by atoms with E-state index in [0.717, 1.165) is 11.8 Å². The van der Waals surface area contributed by atoms with E-state index in [4.69, 9.17) is 5.73 Å². The highest BCUT2D eigenvalue weighted by Gasteiger charge is 2.45. The Kier molecular flexibility index (Phi) is 7.83. The number of alkyl halides is 3. The molecule has 18 heavy (non-hydrogen) atoms. The van der Waals surface area contributed by atoms with Crippen LogP contribution in [0, 0.1) is 0 Å². The average Bonchev–Trinajstić information content (AvgIpc) is 2.24. The highest BCUT2D eigenvalue weighted by molar-refractivity contribution is 8.13. The predicted molar refractivity (Wildman–Crippen MR) is 63.3 cm³/mol. The van der Waals surface area contributed by atoms with Gasteiger partial charge in [0.15, 0.2) is 5.12 Å². The molecule has 0 radical (unpaired) electrons. The van der Waals surface area contributed by atoms with Crippen LogP contribution >= 0.6 is 11.8 Å². The summed E-state index contributed by atoms with van der Waals surface area (Å²) < 4.78 is 58.2. The van der Waals surface area contributed by atoms with Crippen LogP contribution in [0.1, 0.15) is 19.3 Å². The molecule has 3 N–H and O–H groups in total. The van der Waals surface area contributed by atoms with E-state index in [-0.39, 0.29) is 24.5 Å². The second kappa shape index (κ2) is 7.97. The van der Waals surface area contributed by atoms with Gasteiger partial charge in [0.25, 0.3) is 0 Å². The number of nitrogens with two attached hydrogens (primary N) is 1. The number of thioether (sulfide) groups is 1. The van der Waals surface area contributed by atoms with Crippen molar-refractivity contribution in [3.05, 3.63) is 0 Å². The zero-order valence-electron chi connectivity index (χ0n) is 9.50. The molecule has 0 heterocycles. The summed E-state index contributed by atoms with van der Waals surface area (Å²) in [5.74, 6) is 0.500. The molecule has 0 bridgehead atoms. The summed E-state index contributed by atoms with van der Waals surface area (Å²) in [6.45, 7) is 0.0401. The zero-order chi connectivity index (χ0) is 14.2. The molecule has 0 spiro atoms. The summed E-state index contributed by atoms with van der Waals surface area (Å²) >= 11 is 1.06. The van der Waals surface area contributed by atoms with Gasteiger partial charge in [-0.25, -0.2) is 13.1 Å². The summed E-state index contributed by atoms with van der Waals surface area (Å²) in [5.41, 5.74) is -0.106. The number of hydrogen-bond acceptors (Lipinski definition) is 5. The molecule has 10 heteroatoms. The van der Waals surface area contributed by atoms with Gasteiger partial charge < -0.3 is 5.73 Å². The maximum atomic E-state index is 11.9. The van der Waals surface area contributed by atoms with Crippen LogP contribution < -0.4 is 10.5 Å². The van der Waals surface area contributed by atoms with Crippen LogP contribution in [-0.2, 0) is 14.8 Å². The highest BCUT2D eigenvalue weighted by atomic mass is 32.2. The average molecular weight is 308 g/mol. The number of carbonyl (C=O) groups excluding carboxylic acids is 1. The normalized spacial score (nSPS) is 12.7. The Morgan fingerprint density at radius 1 is 1.28 bits per heavy atom. The minimum Gasteiger partial charge on any atom is -0.330 e. The smallest absolute Gasteiger partial charge is 0.330 e. The Morgan fingerprint density at radius 3 is 2.39 bits per heavy atom. The number of nitrogens with one attached hydrogen (secondary N) is 1. The monoisotopic (exact) mass is 308 g/mol. The molecule has 5 nitrogen and oxygen atoms in total. The summed E-state index contributed by atoms with van der Waals surface area (Å²) in [7, 11) is -5.27. The zero-order valence-corrected chi connectivity index (χ0v) is 11.1. The van der Waals surface area contributed by atoms with Gasteiger partial charge in [0.2, 0.25) is 0 Å². The lowest BCUT2D eigenvalue weighted by Crippen LogP contribution is -2.36. The molecular formula is C8H15F3N2O3S2. The maximum absolute atomic E-state index is 11.9. The topological polar surface area (TPSA) is 89.3 Å². The van der Waals surface area contributed by atoms with Gasteiger partial charge in [-0.2, -0.15) is 13.2 Å². The van der Waals surface area contributed by atoms with Crippen molar-refractivity contribution in [1.82, 2.24) is 4.72 Å². The minimum atomic E-state index is -5.29. The van der Waals surface area contributed by atoms with Gasteiger partial charge in [0.1, 0.15) is 0 Å². The number of rotatable bonds is 8. The van der Waals surface area contributed by atoms with Crippen LogP contribution in [0.3, 0.4) is 0 Å². The van der Waals surface area contributed by atoms with Crippen LogP contribution in [0.5, 0.6) is 0 Å². The van der Waals surface area contributed by atoms with Gasteiger partial charge >= 0.3 is 15.5 Å². The second-order valence-corrected chi connectivity index (χ2v) is 6.22. The van der Waals surface area contributed by atoms with Gasteiger partial charge in [-0.15, -0.1) is 0 Å². The van der Waals surface area contributed by atoms with Crippen LogP contribution in [0.2, 0.25) is 0 Å². The molecule has 0 saturated carbocycles. The molecule has 0 rings (SSSR count). The fourth-order valence-corrected chi connectivity index (χ4v) is 2.14. The summed E-state index contributed by atoms with van der Waals surface area (Å²) in [6.07, 6.45) is 0.694. The largest absolute Gasteiger partial charge is 0.511 e. The first-order valence-electron chi connectivity index (χ1n) is 5.12. The van der Waals surface area contributed by atoms with Crippen LogP contribution in [0.25, 0.3) is 0 Å². The van der Waals surface area contributed by atoms with Gasteiger partial charge in [-0.1, -0.05) is 11.8 Å². The third-order valence-corrected chi connectivity index (χ3v) is 3.94. The molecule has 0 aliphatic rings. The van der Waals surface area contributed by atoms with Crippen molar-refractivity contribution in [2.24, 2.45) is 5.73 Å². The number of halogens is 3. The minimum absolute atomic E-state index is 0.0980. The van der Waals surface area contributed by atoms with E-state index in [9.17, 15) is 26.4 Å². The lowest BCUT2D eigenvalue weighted by molar-refractivity contribution is -0.111. The van der Waals surface area contributed by atoms with Gasteiger partial charge in [0.05, 0.1) is 0 Å². The molecule has 0 fully saturated rings. The number of hydrogen-bond donors (Lipinski definition) is 2. The predicted octanol–water partition coefficient (Wildman–Crippen LogP) is 0.814. The summed E-state index contributed by atoms with van der Waals surface area (Å²) in [6, 6.07) is 0. The highest BCUT2D eigenvalue weighted by Crippen LogP contribution is 2.21. The van der Waals surface area contributed by atoms with E-state index in [1.54, 1.807) is 0 Å². The molecular weight excluding hydrogens is 293 g/mol. The first-order valence-corrected chi connectivity index (χ1v) is 7.59. The molecule has 0 unspecified atom stereocenters. The van der Waals surface area contributed by atoms with Crippen LogP contribution in [-0.4, -0.2) is 37.9 Å². The Balaban J connectivity index is 3.73. The number of sulfonamides is 1. The first-order chi connectivity index (χ1) is 8.20. The van der Waals surface area contributed by atoms with E-state index in [0.29, 0.717) is 18.7 Å². The van der Waals surface area contributed by atoms with Gasteiger partial charge in [0, 0.05) is 25.3 Å². The standard InChI is InChI=1S/C8H15F3N2O3S2/c9-8(10,11)18(15,16)13-5-2-1-3-7(14)17-6-4-12/h13H,1-6,12H2.